The van der Waals surface area contributed by atoms with Crippen LogP contribution in [-0.2, 0) is 0 Å². The molecule has 1 N–H and O–H groups in total. The molecule has 1 aliphatic rings. The first-order valence-corrected chi connectivity index (χ1v) is 4.51. The number of ether oxygens (including phenoxy) is 1. The predicted octanol–water partition coefficient (Wildman–Crippen LogP) is 1.19. The molecule has 1 heterocycles. The van der Waals surface area contributed by atoms with Crippen LogP contribution in [0.4, 0.5) is 0 Å². The van der Waals surface area contributed by atoms with Crippen molar-refractivity contribution < 1.29 is 14.6 Å². The third kappa shape index (κ3) is 2.05. The maximum absolute atomic E-state index is 10.7. The zero-order chi connectivity index (χ0) is 10.8. The van der Waals surface area contributed by atoms with E-state index in [1.807, 2.05) is 6.07 Å². The number of carboxylic acids is 1. The summed E-state index contributed by atoms with van der Waals surface area (Å²) in [5, 5.41) is 17.5. The summed E-state index contributed by atoms with van der Waals surface area (Å²) in [4.78, 5) is 14.3. The molecule has 0 bridgehead atoms. The summed E-state index contributed by atoms with van der Waals surface area (Å²) in [5.74, 6) is -0.812. The topological polar surface area (TPSA) is 83.2 Å². The van der Waals surface area contributed by atoms with Crippen LogP contribution in [0, 0.1) is 11.3 Å². The van der Waals surface area contributed by atoms with Gasteiger partial charge in [0.2, 0.25) is 0 Å². The van der Waals surface area contributed by atoms with Gasteiger partial charge in [-0.15, -0.1) is 0 Å². The molecule has 15 heavy (non-hydrogen) atoms. The minimum Gasteiger partial charge on any atom is -0.489 e. The van der Waals surface area contributed by atoms with E-state index >= 15 is 0 Å². The van der Waals surface area contributed by atoms with Crippen molar-refractivity contribution >= 4 is 5.97 Å². The van der Waals surface area contributed by atoms with Crippen molar-refractivity contribution in [1.82, 2.24) is 4.98 Å². The van der Waals surface area contributed by atoms with Crippen LogP contribution in [0.25, 0.3) is 0 Å². The van der Waals surface area contributed by atoms with Crippen LogP contribution in [0.5, 0.6) is 5.75 Å². The molecule has 0 aliphatic heterocycles. The molecule has 0 spiro atoms. The maximum Gasteiger partial charge on any atom is 0.354 e. The van der Waals surface area contributed by atoms with E-state index in [4.69, 9.17) is 15.1 Å². The van der Waals surface area contributed by atoms with Crippen LogP contribution in [0.2, 0.25) is 0 Å². The molecule has 0 unspecified atom stereocenters. The third-order valence-corrected chi connectivity index (χ3v) is 2.02. The highest BCUT2D eigenvalue weighted by Crippen LogP contribution is 2.28. The monoisotopic (exact) mass is 204 g/mol. The highest BCUT2D eigenvalue weighted by molar-refractivity contribution is 5.86. The van der Waals surface area contributed by atoms with Crippen molar-refractivity contribution in [1.29, 1.82) is 5.26 Å². The highest BCUT2D eigenvalue weighted by Gasteiger charge is 2.25. The molecule has 76 valence electrons. The second-order valence-electron chi connectivity index (χ2n) is 3.30. The Hall–Kier alpha value is -2.09. The number of hydrogen-bond acceptors (Lipinski definition) is 4. The van der Waals surface area contributed by atoms with Gasteiger partial charge in [0.1, 0.15) is 17.4 Å². The average Bonchev–Trinajstić information content (AvgIpc) is 3.01. The van der Waals surface area contributed by atoms with Gasteiger partial charge >= 0.3 is 5.97 Å². The number of nitriles is 1. The number of nitrogens with zero attached hydrogens (tertiary/aromatic N) is 2. The zero-order valence-corrected chi connectivity index (χ0v) is 7.80. The van der Waals surface area contributed by atoms with E-state index in [2.05, 4.69) is 4.98 Å². The predicted molar refractivity (Wildman–Crippen MR) is 49.6 cm³/mol. The molecule has 5 heteroatoms. The molecule has 1 aliphatic carbocycles. The van der Waals surface area contributed by atoms with Gasteiger partial charge < -0.3 is 9.84 Å². The number of hydrogen-bond donors (Lipinski definition) is 1. The summed E-state index contributed by atoms with van der Waals surface area (Å²) in [6.07, 6.45) is 3.26. The first kappa shape index (κ1) is 9.46. The maximum atomic E-state index is 10.7. The lowest BCUT2D eigenvalue weighted by atomic mass is 10.2. The van der Waals surface area contributed by atoms with E-state index in [9.17, 15) is 4.79 Å². The fraction of sp³-hybridized carbons (Fsp3) is 0.300. The Kier molecular flexibility index (Phi) is 2.26. The van der Waals surface area contributed by atoms with Gasteiger partial charge in [0, 0.05) is 12.3 Å². The first-order chi connectivity index (χ1) is 7.20. The minimum atomic E-state index is -1.12. The molecule has 1 fully saturated rings. The highest BCUT2D eigenvalue weighted by atomic mass is 16.5. The molecule has 5 nitrogen and oxygen atoms in total. The summed E-state index contributed by atoms with van der Waals surface area (Å²) < 4.78 is 5.41. The fourth-order valence-electron chi connectivity index (χ4n) is 1.10. The smallest absolute Gasteiger partial charge is 0.354 e. The van der Waals surface area contributed by atoms with Crippen molar-refractivity contribution in [2.45, 2.75) is 18.9 Å². The Morgan fingerprint density at radius 2 is 2.40 bits per heavy atom. The Bertz CT molecular complexity index is 446. The Morgan fingerprint density at radius 3 is 2.93 bits per heavy atom. The lowest BCUT2D eigenvalue weighted by Crippen LogP contribution is -2.04. The normalized spacial score (nSPS) is 14.3. The van der Waals surface area contributed by atoms with Crippen LogP contribution in [-0.4, -0.2) is 22.2 Å². The molecule has 0 atom stereocenters. The second kappa shape index (κ2) is 3.58. The summed E-state index contributed by atoms with van der Waals surface area (Å²) >= 11 is 0. The van der Waals surface area contributed by atoms with Gasteiger partial charge in [-0.2, -0.15) is 5.26 Å². The van der Waals surface area contributed by atoms with Gasteiger partial charge in [0.25, 0.3) is 0 Å². The molecule has 0 radical (unpaired) electrons. The largest absolute Gasteiger partial charge is 0.489 e. The summed E-state index contributed by atoms with van der Waals surface area (Å²) in [7, 11) is 0. The number of carboxylic acid groups (broad SMARTS) is 1. The van der Waals surface area contributed by atoms with Crippen molar-refractivity contribution in [3.63, 3.8) is 0 Å². The molecule has 1 saturated carbocycles. The average molecular weight is 204 g/mol. The molecule has 0 amide bonds. The molecule has 0 aromatic carbocycles. The third-order valence-electron chi connectivity index (χ3n) is 2.02. The quantitative estimate of drug-likeness (QED) is 0.799. The molecule has 2 rings (SSSR count). The van der Waals surface area contributed by atoms with E-state index in [1.54, 1.807) is 0 Å². The molecule has 1 aromatic rings. The van der Waals surface area contributed by atoms with Crippen LogP contribution in [0.3, 0.4) is 0 Å². The molecular weight excluding hydrogens is 196 g/mol. The standard InChI is InChI=1S/C10H8N2O3/c11-4-6-5-12-8(10(13)14)3-9(6)15-7-1-2-7/h3,5,7H,1-2H2,(H,13,14). The van der Waals surface area contributed by atoms with Crippen LogP contribution < -0.4 is 4.74 Å². The van der Waals surface area contributed by atoms with Gasteiger partial charge in [-0.05, 0) is 12.8 Å². The van der Waals surface area contributed by atoms with E-state index in [-0.39, 0.29) is 17.4 Å². The van der Waals surface area contributed by atoms with Crippen LogP contribution >= 0.6 is 0 Å². The Morgan fingerprint density at radius 1 is 1.67 bits per heavy atom. The minimum absolute atomic E-state index is 0.107. The van der Waals surface area contributed by atoms with Gasteiger partial charge in [-0.1, -0.05) is 0 Å². The zero-order valence-electron chi connectivity index (χ0n) is 7.80. The SMILES string of the molecule is N#Cc1cnc(C(=O)O)cc1OC1CC1. The number of aromatic carboxylic acids is 1. The molecular formula is C10H8N2O3. The lowest BCUT2D eigenvalue weighted by Gasteiger charge is -2.06. The number of carbonyl (C=O) groups is 1. The van der Waals surface area contributed by atoms with E-state index in [0.717, 1.165) is 12.8 Å². The number of pyridine rings is 1. The summed E-state index contributed by atoms with van der Waals surface area (Å²) in [6, 6.07) is 3.21. The van der Waals surface area contributed by atoms with Crippen LogP contribution in [0.1, 0.15) is 28.9 Å². The van der Waals surface area contributed by atoms with Gasteiger partial charge in [0.15, 0.2) is 5.69 Å². The van der Waals surface area contributed by atoms with Crippen molar-refractivity contribution in [2.75, 3.05) is 0 Å². The summed E-state index contributed by atoms with van der Waals surface area (Å²) in [6.45, 7) is 0. The van der Waals surface area contributed by atoms with E-state index < -0.39 is 5.97 Å². The van der Waals surface area contributed by atoms with Gasteiger partial charge in [0.05, 0.1) is 6.10 Å². The first-order valence-electron chi connectivity index (χ1n) is 4.51. The molecule has 1 aromatic heterocycles. The Labute approximate surface area is 85.9 Å². The Balaban J connectivity index is 2.33. The van der Waals surface area contributed by atoms with Crippen molar-refractivity contribution in [3.8, 4) is 11.8 Å². The van der Waals surface area contributed by atoms with Gasteiger partial charge in [-0.3, -0.25) is 0 Å². The van der Waals surface area contributed by atoms with E-state index in [1.165, 1.54) is 12.3 Å². The van der Waals surface area contributed by atoms with Crippen molar-refractivity contribution in [3.05, 3.63) is 23.5 Å². The van der Waals surface area contributed by atoms with E-state index in [0.29, 0.717) is 5.75 Å². The number of aromatic nitrogens is 1. The lowest BCUT2D eigenvalue weighted by molar-refractivity contribution is 0.0690. The number of rotatable bonds is 3. The van der Waals surface area contributed by atoms with Gasteiger partial charge in [-0.25, -0.2) is 9.78 Å². The van der Waals surface area contributed by atoms with Crippen LogP contribution in [0.15, 0.2) is 12.3 Å². The molecule has 0 saturated heterocycles. The fourth-order valence-corrected chi connectivity index (χ4v) is 1.10. The second-order valence-corrected chi connectivity index (χ2v) is 3.30. The summed E-state index contributed by atoms with van der Waals surface area (Å²) in [5.41, 5.74) is 0.163. The van der Waals surface area contributed by atoms with Crippen molar-refractivity contribution in [2.24, 2.45) is 0 Å².